The summed E-state index contributed by atoms with van der Waals surface area (Å²) in [6, 6.07) is 8.26. The van der Waals surface area contributed by atoms with Gasteiger partial charge in [-0.15, -0.1) is 0 Å². The molecule has 0 aromatic heterocycles. The van der Waals surface area contributed by atoms with E-state index in [2.05, 4.69) is 31.2 Å². The van der Waals surface area contributed by atoms with E-state index in [9.17, 15) is 0 Å². The molecule has 1 aromatic carbocycles. The van der Waals surface area contributed by atoms with Crippen LogP contribution in [0.4, 0.5) is 0 Å². The fourth-order valence-corrected chi connectivity index (χ4v) is 1.75. The maximum atomic E-state index is 5.88. The molecule has 0 fully saturated rings. The highest BCUT2D eigenvalue weighted by molar-refractivity contribution is 5.27. The van der Waals surface area contributed by atoms with Gasteiger partial charge in [0.15, 0.2) is 0 Å². The van der Waals surface area contributed by atoms with Gasteiger partial charge in [-0.05, 0) is 37.5 Å². The molecule has 1 aromatic rings. The van der Waals surface area contributed by atoms with Gasteiger partial charge in [0.05, 0.1) is 0 Å². The maximum Gasteiger partial charge on any atom is 0.119 e. The molecule has 0 saturated heterocycles. The van der Waals surface area contributed by atoms with Crippen molar-refractivity contribution in [2.75, 3.05) is 0 Å². The molecule has 0 radical (unpaired) electrons. The molecule has 1 heteroatoms. The standard InChI is InChI=1S/C13H16O/c1-11-6-5-9-13(10-11)14-12-7-3-2-4-8-12/h2-3,5-6,9-10,12H,4,7-8H2,1H3. The molecule has 0 heterocycles. The van der Waals surface area contributed by atoms with Crippen LogP contribution in [-0.2, 0) is 0 Å². The predicted molar refractivity (Wildman–Crippen MR) is 58.6 cm³/mol. The lowest BCUT2D eigenvalue weighted by Crippen LogP contribution is -2.17. The van der Waals surface area contributed by atoms with Gasteiger partial charge < -0.3 is 4.74 Å². The Morgan fingerprint density at radius 3 is 2.93 bits per heavy atom. The van der Waals surface area contributed by atoms with Crippen LogP contribution in [0.1, 0.15) is 24.8 Å². The zero-order chi connectivity index (χ0) is 9.80. The van der Waals surface area contributed by atoms with Gasteiger partial charge in [-0.25, -0.2) is 0 Å². The lowest BCUT2D eigenvalue weighted by atomic mass is 10.0. The Kier molecular flexibility index (Phi) is 2.87. The van der Waals surface area contributed by atoms with Gasteiger partial charge in [0.2, 0.25) is 0 Å². The number of aryl methyl sites for hydroxylation is 1. The highest BCUT2D eigenvalue weighted by Gasteiger charge is 2.10. The molecule has 1 aliphatic carbocycles. The highest BCUT2D eigenvalue weighted by Crippen LogP contribution is 2.20. The molecule has 1 atom stereocenters. The van der Waals surface area contributed by atoms with E-state index in [0.717, 1.165) is 25.0 Å². The molecule has 1 unspecified atom stereocenters. The lowest BCUT2D eigenvalue weighted by Gasteiger charge is -2.19. The van der Waals surface area contributed by atoms with Crippen molar-refractivity contribution in [3.05, 3.63) is 42.0 Å². The molecular weight excluding hydrogens is 172 g/mol. The number of hydrogen-bond donors (Lipinski definition) is 0. The smallest absolute Gasteiger partial charge is 0.119 e. The predicted octanol–water partition coefficient (Wildman–Crippen LogP) is 3.48. The van der Waals surface area contributed by atoms with Crippen molar-refractivity contribution < 1.29 is 4.74 Å². The molecule has 74 valence electrons. The van der Waals surface area contributed by atoms with Crippen molar-refractivity contribution in [1.29, 1.82) is 0 Å². The summed E-state index contributed by atoms with van der Waals surface area (Å²) in [6.45, 7) is 2.09. The van der Waals surface area contributed by atoms with Crippen molar-refractivity contribution in [3.63, 3.8) is 0 Å². The lowest BCUT2D eigenvalue weighted by molar-refractivity contribution is 0.191. The van der Waals surface area contributed by atoms with Crippen molar-refractivity contribution in [1.82, 2.24) is 0 Å². The van der Waals surface area contributed by atoms with Crippen LogP contribution in [0.2, 0.25) is 0 Å². The van der Waals surface area contributed by atoms with Gasteiger partial charge in [0, 0.05) is 6.42 Å². The van der Waals surface area contributed by atoms with Gasteiger partial charge in [0.25, 0.3) is 0 Å². The average molecular weight is 188 g/mol. The molecule has 14 heavy (non-hydrogen) atoms. The quantitative estimate of drug-likeness (QED) is 0.645. The van der Waals surface area contributed by atoms with Crippen molar-refractivity contribution in [3.8, 4) is 5.75 Å². The minimum atomic E-state index is 0.377. The molecular formula is C13H16O. The second-order valence-electron chi connectivity index (χ2n) is 3.84. The summed E-state index contributed by atoms with van der Waals surface area (Å²) >= 11 is 0. The first-order chi connectivity index (χ1) is 6.84. The number of ether oxygens (including phenoxy) is 1. The molecule has 0 bridgehead atoms. The van der Waals surface area contributed by atoms with Gasteiger partial charge in [-0.1, -0.05) is 24.3 Å². The van der Waals surface area contributed by atoms with Crippen LogP contribution >= 0.6 is 0 Å². The van der Waals surface area contributed by atoms with E-state index in [0.29, 0.717) is 6.10 Å². The Morgan fingerprint density at radius 2 is 2.21 bits per heavy atom. The summed E-state index contributed by atoms with van der Waals surface area (Å²) in [5.41, 5.74) is 1.26. The second kappa shape index (κ2) is 4.32. The Labute approximate surface area is 85.4 Å². The normalized spacial score (nSPS) is 20.8. The SMILES string of the molecule is Cc1cccc(OC2CC=CCC2)c1. The minimum Gasteiger partial charge on any atom is -0.490 e. The summed E-state index contributed by atoms with van der Waals surface area (Å²) in [5.74, 6) is 1.00. The largest absolute Gasteiger partial charge is 0.490 e. The minimum absolute atomic E-state index is 0.377. The van der Waals surface area contributed by atoms with Crippen LogP contribution in [0.3, 0.4) is 0 Å². The van der Waals surface area contributed by atoms with Crippen molar-refractivity contribution in [2.24, 2.45) is 0 Å². The summed E-state index contributed by atoms with van der Waals surface area (Å²) in [7, 11) is 0. The van der Waals surface area contributed by atoms with Crippen LogP contribution < -0.4 is 4.74 Å². The Bertz CT molecular complexity index is 328. The third-order valence-corrected chi connectivity index (χ3v) is 2.51. The molecule has 0 aliphatic heterocycles. The first kappa shape index (κ1) is 9.32. The van der Waals surface area contributed by atoms with Crippen molar-refractivity contribution >= 4 is 0 Å². The topological polar surface area (TPSA) is 9.23 Å². The highest BCUT2D eigenvalue weighted by atomic mass is 16.5. The van der Waals surface area contributed by atoms with Gasteiger partial charge in [0.1, 0.15) is 11.9 Å². The first-order valence-electron chi connectivity index (χ1n) is 5.23. The number of allylic oxidation sites excluding steroid dienone is 1. The maximum absolute atomic E-state index is 5.88. The van der Waals surface area contributed by atoms with E-state index < -0.39 is 0 Å². The van der Waals surface area contributed by atoms with Crippen LogP contribution in [0.25, 0.3) is 0 Å². The third kappa shape index (κ3) is 2.38. The van der Waals surface area contributed by atoms with Gasteiger partial charge in [-0.2, -0.15) is 0 Å². The summed E-state index contributed by atoms with van der Waals surface area (Å²) in [5, 5.41) is 0. The zero-order valence-corrected chi connectivity index (χ0v) is 8.57. The van der Waals surface area contributed by atoms with Crippen LogP contribution in [-0.4, -0.2) is 6.10 Å². The number of benzene rings is 1. The van der Waals surface area contributed by atoms with Crippen LogP contribution in [0, 0.1) is 6.92 Å². The van der Waals surface area contributed by atoms with Crippen LogP contribution in [0.15, 0.2) is 36.4 Å². The van der Waals surface area contributed by atoms with Crippen molar-refractivity contribution in [2.45, 2.75) is 32.3 Å². The van der Waals surface area contributed by atoms with Gasteiger partial charge in [-0.3, -0.25) is 0 Å². The molecule has 0 spiro atoms. The molecule has 0 N–H and O–H groups in total. The summed E-state index contributed by atoms with van der Waals surface area (Å²) < 4.78 is 5.88. The molecule has 0 amide bonds. The third-order valence-electron chi connectivity index (χ3n) is 2.51. The van der Waals surface area contributed by atoms with Gasteiger partial charge >= 0.3 is 0 Å². The molecule has 1 aliphatic rings. The number of hydrogen-bond acceptors (Lipinski definition) is 1. The Balaban J connectivity index is 1.99. The van der Waals surface area contributed by atoms with E-state index in [-0.39, 0.29) is 0 Å². The summed E-state index contributed by atoms with van der Waals surface area (Å²) in [6.07, 6.45) is 8.16. The van der Waals surface area contributed by atoms with Crippen LogP contribution in [0.5, 0.6) is 5.75 Å². The Hall–Kier alpha value is -1.24. The fraction of sp³-hybridized carbons (Fsp3) is 0.385. The Morgan fingerprint density at radius 1 is 1.29 bits per heavy atom. The molecule has 2 rings (SSSR count). The average Bonchev–Trinajstić information content (AvgIpc) is 2.19. The second-order valence-corrected chi connectivity index (χ2v) is 3.84. The van der Waals surface area contributed by atoms with E-state index in [4.69, 9.17) is 4.74 Å². The molecule has 0 saturated carbocycles. The number of rotatable bonds is 2. The van der Waals surface area contributed by atoms with E-state index in [1.165, 1.54) is 5.56 Å². The van der Waals surface area contributed by atoms with E-state index in [1.807, 2.05) is 12.1 Å². The van der Waals surface area contributed by atoms with E-state index in [1.54, 1.807) is 0 Å². The summed E-state index contributed by atoms with van der Waals surface area (Å²) in [4.78, 5) is 0. The fourth-order valence-electron chi connectivity index (χ4n) is 1.75. The first-order valence-corrected chi connectivity index (χ1v) is 5.23. The molecule has 1 nitrogen and oxygen atoms in total. The van der Waals surface area contributed by atoms with E-state index >= 15 is 0 Å². The zero-order valence-electron chi connectivity index (χ0n) is 8.57. The monoisotopic (exact) mass is 188 g/mol.